The zero-order valence-electron chi connectivity index (χ0n) is 15.7. The predicted molar refractivity (Wildman–Crippen MR) is 92.5 cm³/mol. The minimum Gasteiger partial charge on any atom is -0.481 e. The van der Waals surface area contributed by atoms with E-state index in [2.05, 4.69) is 0 Å². The molecule has 3 atom stereocenters. The zero-order chi connectivity index (χ0) is 20.6. The fourth-order valence-electron chi connectivity index (χ4n) is 3.11. The van der Waals surface area contributed by atoms with Crippen molar-refractivity contribution in [1.29, 1.82) is 0 Å². The number of rotatable bonds is 4. The molecule has 0 spiro atoms. The number of carbonyl (C=O) groups is 2. The Morgan fingerprint density at radius 2 is 1.85 bits per heavy atom. The first-order valence-corrected chi connectivity index (χ1v) is 8.66. The first-order valence-electron chi connectivity index (χ1n) is 8.66. The van der Waals surface area contributed by atoms with Crippen LogP contribution in [0.15, 0.2) is 24.3 Å². The summed E-state index contributed by atoms with van der Waals surface area (Å²) in [4.78, 5) is 24.6. The third kappa shape index (κ3) is 4.93. The van der Waals surface area contributed by atoms with Gasteiger partial charge < -0.3 is 14.7 Å². The lowest BCUT2D eigenvalue weighted by atomic mass is 9.87. The van der Waals surface area contributed by atoms with Crippen molar-refractivity contribution in [3.05, 3.63) is 29.8 Å². The molecule has 1 amide bonds. The number of amides is 1. The van der Waals surface area contributed by atoms with Gasteiger partial charge in [0.2, 0.25) is 0 Å². The second-order valence-electron chi connectivity index (χ2n) is 7.87. The fourth-order valence-corrected chi connectivity index (χ4v) is 3.11. The van der Waals surface area contributed by atoms with E-state index in [1.807, 2.05) is 26.8 Å². The molecule has 1 unspecified atom stereocenters. The van der Waals surface area contributed by atoms with Crippen LogP contribution in [0, 0.1) is 11.8 Å². The Morgan fingerprint density at radius 1 is 1.22 bits per heavy atom. The molecule has 0 saturated carbocycles. The van der Waals surface area contributed by atoms with Crippen LogP contribution in [0.25, 0.3) is 0 Å². The average Bonchev–Trinajstić information content (AvgIpc) is 2.99. The number of nitrogens with zero attached hydrogens (tertiary/aromatic N) is 1. The van der Waals surface area contributed by atoms with Crippen molar-refractivity contribution in [2.45, 2.75) is 45.4 Å². The van der Waals surface area contributed by atoms with E-state index >= 15 is 0 Å². The quantitative estimate of drug-likeness (QED) is 0.859. The number of hydrogen-bond donors (Lipinski definition) is 1. The van der Waals surface area contributed by atoms with Crippen molar-refractivity contribution >= 4 is 11.9 Å². The van der Waals surface area contributed by atoms with E-state index in [0.717, 1.165) is 10.5 Å². The van der Waals surface area contributed by atoms with Gasteiger partial charge in [-0.1, -0.05) is 32.9 Å². The van der Waals surface area contributed by atoms with Crippen molar-refractivity contribution < 1.29 is 32.6 Å². The Bertz CT molecular complexity index is 712. The molecule has 27 heavy (non-hydrogen) atoms. The molecule has 1 aliphatic rings. The number of alkyl halides is 3. The summed E-state index contributed by atoms with van der Waals surface area (Å²) in [6.45, 7) is 6.36. The number of hydrogen-bond acceptors (Lipinski definition) is 3. The van der Waals surface area contributed by atoms with Crippen LogP contribution in [0.2, 0.25) is 0 Å². The molecule has 2 rings (SSSR count). The monoisotopic (exact) mass is 387 g/mol. The van der Waals surface area contributed by atoms with E-state index in [-0.39, 0.29) is 5.41 Å². The molecule has 0 radical (unpaired) electrons. The molecule has 5 nitrogen and oxygen atoms in total. The molecule has 1 aromatic rings. The maximum Gasteiger partial charge on any atom is 0.394 e. The van der Waals surface area contributed by atoms with Crippen molar-refractivity contribution in [3.63, 3.8) is 0 Å². The number of ether oxygens (including phenoxy) is 1. The van der Waals surface area contributed by atoms with Gasteiger partial charge in [0, 0.05) is 13.1 Å². The van der Waals surface area contributed by atoms with Gasteiger partial charge in [0.1, 0.15) is 5.75 Å². The molecular weight excluding hydrogens is 363 g/mol. The summed E-state index contributed by atoms with van der Waals surface area (Å²) in [6.07, 6.45) is -5.70. The highest BCUT2D eigenvalue weighted by molar-refractivity contribution is 5.82. The summed E-state index contributed by atoms with van der Waals surface area (Å²) in [7, 11) is 0. The standard InChI is InChI=1S/C19H24F3NO4/c1-11(27-13-7-5-6-12(8-13)18(2,3)4)16(24)23-9-14(17(25)26)15(10-23)19(20,21)22/h5-8,11,14-15H,9-10H2,1-4H3,(H,25,26)/t11?,14-,15-/m1/s1. The van der Waals surface area contributed by atoms with Gasteiger partial charge in [0.25, 0.3) is 5.91 Å². The third-order valence-electron chi connectivity index (χ3n) is 4.73. The summed E-state index contributed by atoms with van der Waals surface area (Å²) in [5.74, 6) is -5.52. The maximum absolute atomic E-state index is 13.1. The number of benzene rings is 1. The molecule has 0 aromatic heterocycles. The first-order chi connectivity index (χ1) is 12.3. The fraction of sp³-hybridized carbons (Fsp3) is 0.579. The number of carbonyl (C=O) groups excluding carboxylic acids is 1. The normalized spacial score (nSPS) is 21.8. The van der Waals surface area contributed by atoms with Crippen molar-refractivity contribution in [1.82, 2.24) is 4.90 Å². The van der Waals surface area contributed by atoms with Gasteiger partial charge in [-0.05, 0) is 30.0 Å². The molecular formula is C19H24F3NO4. The van der Waals surface area contributed by atoms with Gasteiger partial charge in [-0.25, -0.2) is 0 Å². The van der Waals surface area contributed by atoms with Crippen LogP contribution in [0.3, 0.4) is 0 Å². The lowest BCUT2D eigenvalue weighted by Gasteiger charge is -2.23. The summed E-state index contributed by atoms with van der Waals surface area (Å²) < 4.78 is 44.9. The topological polar surface area (TPSA) is 66.8 Å². The van der Waals surface area contributed by atoms with Crippen LogP contribution in [0.4, 0.5) is 13.2 Å². The highest BCUT2D eigenvalue weighted by Crippen LogP contribution is 2.38. The molecule has 0 bridgehead atoms. The molecule has 1 aromatic carbocycles. The predicted octanol–water partition coefficient (Wildman–Crippen LogP) is 3.47. The van der Waals surface area contributed by atoms with Gasteiger partial charge in [0.15, 0.2) is 6.10 Å². The maximum atomic E-state index is 13.1. The molecule has 0 aliphatic carbocycles. The Labute approximate surface area is 156 Å². The van der Waals surface area contributed by atoms with Crippen molar-refractivity contribution in [3.8, 4) is 5.75 Å². The van der Waals surface area contributed by atoms with Gasteiger partial charge >= 0.3 is 12.1 Å². The molecule has 1 heterocycles. The van der Waals surface area contributed by atoms with Crippen molar-refractivity contribution in [2.75, 3.05) is 13.1 Å². The Morgan fingerprint density at radius 3 is 2.33 bits per heavy atom. The van der Waals surface area contributed by atoms with Gasteiger partial charge in [-0.3, -0.25) is 9.59 Å². The number of likely N-dealkylation sites (tertiary alicyclic amines) is 1. The van der Waals surface area contributed by atoms with E-state index in [0.29, 0.717) is 5.75 Å². The second-order valence-corrected chi connectivity index (χ2v) is 7.87. The van der Waals surface area contributed by atoms with E-state index in [9.17, 15) is 22.8 Å². The smallest absolute Gasteiger partial charge is 0.394 e. The van der Waals surface area contributed by atoms with E-state index in [1.54, 1.807) is 18.2 Å². The van der Waals surface area contributed by atoms with Crippen molar-refractivity contribution in [2.24, 2.45) is 11.8 Å². The number of carboxylic acids is 1. The highest BCUT2D eigenvalue weighted by Gasteiger charge is 2.53. The lowest BCUT2D eigenvalue weighted by molar-refractivity contribution is -0.188. The van der Waals surface area contributed by atoms with Crippen LogP contribution in [0.5, 0.6) is 5.75 Å². The summed E-state index contributed by atoms with van der Waals surface area (Å²) in [5.41, 5.74) is 0.861. The summed E-state index contributed by atoms with van der Waals surface area (Å²) in [6, 6.07) is 7.15. The molecule has 150 valence electrons. The van der Waals surface area contributed by atoms with E-state index in [4.69, 9.17) is 9.84 Å². The molecule has 8 heteroatoms. The molecule has 1 aliphatic heterocycles. The third-order valence-corrected chi connectivity index (χ3v) is 4.73. The number of aliphatic carboxylic acids is 1. The Balaban J connectivity index is 2.11. The van der Waals surface area contributed by atoms with Crippen LogP contribution >= 0.6 is 0 Å². The summed E-state index contributed by atoms with van der Waals surface area (Å²) >= 11 is 0. The number of carboxylic acid groups (broad SMARTS) is 1. The second kappa shape index (κ2) is 7.40. The average molecular weight is 387 g/mol. The summed E-state index contributed by atoms with van der Waals surface area (Å²) in [5, 5.41) is 9.06. The highest BCUT2D eigenvalue weighted by atomic mass is 19.4. The van der Waals surface area contributed by atoms with Crippen LogP contribution < -0.4 is 4.74 Å². The van der Waals surface area contributed by atoms with Gasteiger partial charge in [0.05, 0.1) is 11.8 Å². The molecule has 1 N–H and O–H groups in total. The Kier molecular flexibility index (Phi) is 5.77. The number of halogens is 3. The minimum absolute atomic E-state index is 0.129. The van der Waals surface area contributed by atoms with E-state index < -0.39 is 49.1 Å². The van der Waals surface area contributed by atoms with Crippen LogP contribution in [-0.4, -0.2) is 47.3 Å². The lowest BCUT2D eigenvalue weighted by Crippen LogP contribution is -2.40. The SMILES string of the molecule is CC(Oc1cccc(C(C)(C)C)c1)C(=O)N1C[C@@H](C(F)(F)F)[C@H](C(=O)O)C1. The zero-order valence-corrected chi connectivity index (χ0v) is 15.7. The first kappa shape index (κ1) is 21.1. The van der Waals surface area contributed by atoms with E-state index in [1.165, 1.54) is 6.92 Å². The minimum atomic E-state index is -4.68. The van der Waals surface area contributed by atoms with Crippen LogP contribution in [0.1, 0.15) is 33.3 Å². The molecule has 1 fully saturated rings. The molecule has 1 saturated heterocycles. The van der Waals surface area contributed by atoms with Gasteiger partial charge in [-0.2, -0.15) is 13.2 Å². The Hall–Kier alpha value is -2.25. The largest absolute Gasteiger partial charge is 0.481 e. The van der Waals surface area contributed by atoms with Gasteiger partial charge in [-0.15, -0.1) is 0 Å². The van der Waals surface area contributed by atoms with Crippen LogP contribution in [-0.2, 0) is 15.0 Å².